The molecule has 2 aromatic carbocycles. The van der Waals surface area contributed by atoms with Gasteiger partial charge in [0.2, 0.25) is 0 Å². The van der Waals surface area contributed by atoms with Crippen LogP contribution in [-0.4, -0.2) is 34.7 Å². The van der Waals surface area contributed by atoms with E-state index in [4.69, 9.17) is 14.9 Å². The molecule has 0 bridgehead atoms. The number of carbonyl (C=O) groups excluding carboxylic acids is 1. The first-order valence-electron chi connectivity index (χ1n) is 8.45. The van der Waals surface area contributed by atoms with Crippen LogP contribution >= 0.6 is 0 Å². The highest BCUT2D eigenvalue weighted by Gasteiger charge is 2.14. The first-order chi connectivity index (χ1) is 12.8. The highest BCUT2D eigenvalue weighted by Crippen LogP contribution is 2.28. The van der Waals surface area contributed by atoms with Crippen LogP contribution in [0.15, 0.2) is 42.5 Å². The molecule has 0 aliphatic rings. The molecule has 3 N–H and O–H groups in total. The molecule has 0 fully saturated rings. The number of para-hydroxylation sites is 1. The Hall–Kier alpha value is -3.35. The Kier molecular flexibility index (Phi) is 6.54. The van der Waals surface area contributed by atoms with Gasteiger partial charge in [-0.3, -0.25) is 4.79 Å². The van der Waals surface area contributed by atoms with Crippen LogP contribution in [0.3, 0.4) is 0 Å². The van der Waals surface area contributed by atoms with E-state index >= 15 is 0 Å². The monoisotopic (exact) mass is 371 g/mol. The molecule has 0 saturated carbocycles. The second kappa shape index (κ2) is 8.84. The summed E-state index contributed by atoms with van der Waals surface area (Å²) in [4.78, 5) is 34.4. The zero-order valence-electron chi connectivity index (χ0n) is 15.1. The summed E-state index contributed by atoms with van der Waals surface area (Å²) >= 11 is 0. The number of anilines is 1. The fourth-order valence-corrected chi connectivity index (χ4v) is 2.53. The Morgan fingerprint density at radius 1 is 1.04 bits per heavy atom. The van der Waals surface area contributed by atoms with Gasteiger partial charge in [0, 0.05) is 5.69 Å². The highest BCUT2D eigenvalue weighted by atomic mass is 16.5. The van der Waals surface area contributed by atoms with Crippen molar-refractivity contribution < 1.29 is 29.3 Å². The lowest BCUT2D eigenvalue weighted by Crippen LogP contribution is -2.21. The molecular formula is C20H21NO6. The largest absolute Gasteiger partial charge is 0.483 e. The Morgan fingerprint density at radius 3 is 2.19 bits per heavy atom. The van der Waals surface area contributed by atoms with Crippen molar-refractivity contribution in [3.8, 4) is 5.75 Å². The smallest absolute Gasteiger partial charge is 0.335 e. The van der Waals surface area contributed by atoms with Gasteiger partial charge >= 0.3 is 11.9 Å². The van der Waals surface area contributed by atoms with Crippen molar-refractivity contribution >= 4 is 23.5 Å². The summed E-state index contributed by atoms with van der Waals surface area (Å²) in [6.45, 7) is 3.84. The molecule has 0 aromatic heterocycles. The fraction of sp³-hybridized carbons (Fsp3) is 0.250. The first kappa shape index (κ1) is 20.0. The molecule has 0 unspecified atom stereocenters. The molecule has 142 valence electrons. The van der Waals surface area contributed by atoms with Crippen molar-refractivity contribution in [1.29, 1.82) is 0 Å². The van der Waals surface area contributed by atoms with Crippen LogP contribution < -0.4 is 10.1 Å². The molecule has 0 aliphatic heterocycles. The van der Waals surface area contributed by atoms with Crippen molar-refractivity contribution in [2.45, 2.75) is 26.2 Å². The lowest BCUT2D eigenvalue weighted by atomic mass is 9.98. The third kappa shape index (κ3) is 5.31. The van der Waals surface area contributed by atoms with Gasteiger partial charge in [0.15, 0.2) is 6.61 Å². The average molecular weight is 371 g/mol. The van der Waals surface area contributed by atoms with Crippen LogP contribution in [0.4, 0.5) is 5.69 Å². The summed E-state index contributed by atoms with van der Waals surface area (Å²) in [5, 5.41) is 20.6. The second-order valence-corrected chi connectivity index (χ2v) is 6.09. The fourth-order valence-electron chi connectivity index (χ4n) is 2.53. The molecule has 0 radical (unpaired) electrons. The maximum atomic E-state index is 12.2. The van der Waals surface area contributed by atoms with E-state index < -0.39 is 17.8 Å². The number of carbonyl (C=O) groups is 3. The number of nitrogens with one attached hydrogen (secondary N) is 1. The Morgan fingerprint density at radius 2 is 1.63 bits per heavy atom. The Labute approximate surface area is 156 Å². The molecule has 0 spiro atoms. The van der Waals surface area contributed by atoms with E-state index in [-0.39, 0.29) is 29.3 Å². The molecule has 1 atom stereocenters. The van der Waals surface area contributed by atoms with Gasteiger partial charge in [-0.1, -0.05) is 32.0 Å². The van der Waals surface area contributed by atoms with Crippen molar-refractivity contribution in [1.82, 2.24) is 0 Å². The minimum absolute atomic E-state index is 0.0797. The van der Waals surface area contributed by atoms with Gasteiger partial charge < -0.3 is 20.3 Å². The van der Waals surface area contributed by atoms with Crippen LogP contribution in [0.25, 0.3) is 0 Å². The predicted molar refractivity (Wildman–Crippen MR) is 99.6 cm³/mol. The van der Waals surface area contributed by atoms with E-state index in [0.29, 0.717) is 5.75 Å². The van der Waals surface area contributed by atoms with Crippen LogP contribution in [-0.2, 0) is 4.79 Å². The number of benzene rings is 2. The molecule has 0 heterocycles. The van der Waals surface area contributed by atoms with Gasteiger partial charge in [-0.05, 0) is 42.2 Å². The van der Waals surface area contributed by atoms with Gasteiger partial charge in [0.1, 0.15) is 5.75 Å². The van der Waals surface area contributed by atoms with E-state index in [9.17, 15) is 14.4 Å². The zero-order valence-corrected chi connectivity index (χ0v) is 15.1. The van der Waals surface area contributed by atoms with Crippen molar-refractivity contribution in [2.75, 3.05) is 11.9 Å². The Balaban J connectivity index is 2.11. The lowest BCUT2D eigenvalue weighted by Gasteiger charge is -2.15. The minimum atomic E-state index is -1.28. The van der Waals surface area contributed by atoms with Crippen LogP contribution in [0.1, 0.15) is 52.5 Å². The summed E-state index contributed by atoms with van der Waals surface area (Å²) < 4.78 is 5.60. The number of rotatable bonds is 8. The molecule has 2 rings (SSSR count). The van der Waals surface area contributed by atoms with Crippen molar-refractivity contribution in [3.05, 3.63) is 59.2 Å². The number of hydrogen-bond acceptors (Lipinski definition) is 4. The SMILES string of the molecule is CC[C@H](C)c1ccccc1OCC(=O)Nc1cc(C(=O)O)cc(C(=O)O)c1. The van der Waals surface area contributed by atoms with E-state index in [1.54, 1.807) is 6.07 Å². The Bertz CT molecular complexity index is 829. The summed E-state index contributed by atoms with van der Waals surface area (Å²) in [5.74, 6) is -2.21. The average Bonchev–Trinajstić information content (AvgIpc) is 2.65. The van der Waals surface area contributed by atoms with Gasteiger partial charge in [-0.25, -0.2) is 9.59 Å². The normalized spacial score (nSPS) is 11.5. The quantitative estimate of drug-likeness (QED) is 0.653. The second-order valence-electron chi connectivity index (χ2n) is 6.09. The van der Waals surface area contributed by atoms with Crippen molar-refractivity contribution in [3.63, 3.8) is 0 Å². The highest BCUT2D eigenvalue weighted by molar-refractivity contribution is 5.98. The third-order valence-corrected chi connectivity index (χ3v) is 4.13. The number of hydrogen-bond donors (Lipinski definition) is 3. The lowest BCUT2D eigenvalue weighted by molar-refractivity contribution is -0.118. The van der Waals surface area contributed by atoms with E-state index in [1.165, 1.54) is 12.1 Å². The first-order valence-corrected chi connectivity index (χ1v) is 8.45. The van der Waals surface area contributed by atoms with Crippen molar-refractivity contribution in [2.24, 2.45) is 0 Å². The van der Waals surface area contributed by atoms with Gasteiger partial charge in [0.05, 0.1) is 11.1 Å². The molecule has 7 heteroatoms. The molecule has 27 heavy (non-hydrogen) atoms. The summed E-state index contributed by atoms with van der Waals surface area (Å²) in [5.41, 5.74) is 0.617. The summed E-state index contributed by atoms with van der Waals surface area (Å²) in [6.07, 6.45) is 0.923. The van der Waals surface area contributed by atoms with Crippen LogP contribution in [0.5, 0.6) is 5.75 Å². The van der Waals surface area contributed by atoms with Gasteiger partial charge in [-0.15, -0.1) is 0 Å². The molecule has 1 amide bonds. The zero-order chi connectivity index (χ0) is 20.0. The van der Waals surface area contributed by atoms with Gasteiger partial charge in [-0.2, -0.15) is 0 Å². The standard InChI is InChI=1S/C20H21NO6/c1-3-12(2)16-6-4-5-7-17(16)27-11-18(22)21-15-9-13(19(23)24)8-14(10-15)20(25)26/h4-10,12H,3,11H2,1-2H3,(H,21,22)(H,23,24)(H,25,26)/t12-/m0/s1. The minimum Gasteiger partial charge on any atom is -0.483 e. The van der Waals surface area contributed by atoms with Gasteiger partial charge in [0.25, 0.3) is 5.91 Å². The van der Waals surface area contributed by atoms with Crippen LogP contribution in [0.2, 0.25) is 0 Å². The molecular weight excluding hydrogens is 350 g/mol. The van der Waals surface area contributed by atoms with E-state index in [1.807, 2.05) is 18.2 Å². The number of carboxylic acid groups (broad SMARTS) is 2. The topological polar surface area (TPSA) is 113 Å². The summed E-state index contributed by atoms with van der Waals surface area (Å²) in [7, 11) is 0. The number of carboxylic acids is 2. The number of aromatic carboxylic acids is 2. The number of ether oxygens (including phenoxy) is 1. The molecule has 0 saturated heterocycles. The molecule has 0 aliphatic carbocycles. The maximum absolute atomic E-state index is 12.2. The maximum Gasteiger partial charge on any atom is 0.335 e. The molecule has 7 nitrogen and oxygen atoms in total. The number of amides is 1. The van der Waals surface area contributed by atoms with Crippen LogP contribution in [0, 0.1) is 0 Å². The van der Waals surface area contributed by atoms with E-state index in [0.717, 1.165) is 18.1 Å². The summed E-state index contributed by atoms with van der Waals surface area (Å²) in [6, 6.07) is 10.9. The molecule has 2 aromatic rings. The van der Waals surface area contributed by atoms with E-state index in [2.05, 4.69) is 19.2 Å². The third-order valence-electron chi connectivity index (χ3n) is 4.13. The predicted octanol–water partition coefficient (Wildman–Crippen LogP) is 3.61.